The third-order valence-corrected chi connectivity index (χ3v) is 2.99. The van der Waals surface area contributed by atoms with Crippen LogP contribution in [0.3, 0.4) is 0 Å². The molecule has 0 saturated heterocycles. The highest BCUT2D eigenvalue weighted by Gasteiger charge is 2.24. The van der Waals surface area contributed by atoms with E-state index in [2.05, 4.69) is 30.9 Å². The lowest BCUT2D eigenvalue weighted by Gasteiger charge is -2.33. The summed E-state index contributed by atoms with van der Waals surface area (Å²) in [6.07, 6.45) is 5.61. The second-order valence-electron chi connectivity index (χ2n) is 4.28. The predicted molar refractivity (Wildman–Crippen MR) is 62.1 cm³/mol. The monoisotopic (exact) mass is 213 g/mol. The number of rotatable bonds is 3. The van der Waals surface area contributed by atoms with Crippen LogP contribution >= 0.6 is 0 Å². The molecular weight excluding hydrogens is 190 g/mol. The number of nitrogens with zero attached hydrogens (tertiary/aromatic N) is 1. The zero-order valence-corrected chi connectivity index (χ0v) is 10.3. The summed E-state index contributed by atoms with van der Waals surface area (Å²) >= 11 is 0. The molecular formula is C12H23NO2. The van der Waals surface area contributed by atoms with Gasteiger partial charge < -0.3 is 9.47 Å². The molecule has 0 unspecified atom stereocenters. The Bertz CT molecular complexity index is 204. The molecule has 0 aromatic rings. The van der Waals surface area contributed by atoms with Gasteiger partial charge in [0, 0.05) is 33.4 Å². The molecule has 3 heteroatoms. The van der Waals surface area contributed by atoms with Gasteiger partial charge in [-0.25, -0.2) is 0 Å². The summed E-state index contributed by atoms with van der Waals surface area (Å²) in [4.78, 5) is 2.43. The minimum atomic E-state index is 0.0801. The maximum atomic E-state index is 5.49. The van der Waals surface area contributed by atoms with Crippen LogP contribution in [-0.2, 0) is 9.47 Å². The highest BCUT2D eigenvalue weighted by atomic mass is 16.5. The number of methoxy groups -OCH3 is 2. The maximum absolute atomic E-state index is 5.49. The smallest absolute Gasteiger partial charge is 0.103 e. The van der Waals surface area contributed by atoms with Crippen LogP contribution in [0.2, 0.25) is 0 Å². The highest BCUT2D eigenvalue weighted by molar-refractivity contribution is 4.97. The van der Waals surface area contributed by atoms with Gasteiger partial charge in [0.05, 0.1) is 6.10 Å². The van der Waals surface area contributed by atoms with E-state index >= 15 is 0 Å². The third kappa shape index (κ3) is 3.59. The summed E-state index contributed by atoms with van der Waals surface area (Å²) in [5.74, 6) is 0. The van der Waals surface area contributed by atoms with E-state index in [-0.39, 0.29) is 12.2 Å². The molecule has 1 aliphatic rings. The van der Waals surface area contributed by atoms with Crippen molar-refractivity contribution in [3.8, 4) is 0 Å². The summed E-state index contributed by atoms with van der Waals surface area (Å²) in [5, 5.41) is 0. The molecule has 0 fully saturated rings. The van der Waals surface area contributed by atoms with E-state index in [9.17, 15) is 0 Å². The molecule has 3 nitrogen and oxygen atoms in total. The Morgan fingerprint density at radius 2 is 2.00 bits per heavy atom. The van der Waals surface area contributed by atoms with E-state index < -0.39 is 0 Å². The molecule has 0 spiro atoms. The first-order chi connectivity index (χ1) is 7.19. The van der Waals surface area contributed by atoms with Crippen LogP contribution in [0.4, 0.5) is 0 Å². The van der Waals surface area contributed by atoms with E-state index in [1.807, 2.05) is 0 Å². The van der Waals surface area contributed by atoms with Crippen molar-refractivity contribution >= 4 is 0 Å². The lowest BCUT2D eigenvalue weighted by atomic mass is 10.1. The molecule has 0 aliphatic carbocycles. The summed E-state index contributed by atoms with van der Waals surface area (Å²) in [7, 11) is 3.49. The third-order valence-electron chi connectivity index (χ3n) is 2.99. The van der Waals surface area contributed by atoms with Crippen LogP contribution in [0.1, 0.15) is 20.3 Å². The molecule has 0 amide bonds. The first-order valence-corrected chi connectivity index (χ1v) is 5.65. The predicted octanol–water partition coefficient (Wildman–Crippen LogP) is 1.69. The van der Waals surface area contributed by atoms with E-state index in [0.717, 1.165) is 19.5 Å². The molecule has 0 aromatic heterocycles. The van der Waals surface area contributed by atoms with Crippen molar-refractivity contribution in [2.75, 3.05) is 27.3 Å². The summed E-state index contributed by atoms with van der Waals surface area (Å²) < 4.78 is 10.9. The molecule has 1 heterocycles. The van der Waals surface area contributed by atoms with Gasteiger partial charge in [-0.15, -0.1) is 0 Å². The van der Waals surface area contributed by atoms with Crippen molar-refractivity contribution in [1.82, 2.24) is 4.90 Å². The Morgan fingerprint density at radius 3 is 2.53 bits per heavy atom. The number of hydrogen-bond acceptors (Lipinski definition) is 3. The first kappa shape index (κ1) is 12.7. The van der Waals surface area contributed by atoms with Crippen molar-refractivity contribution in [2.24, 2.45) is 0 Å². The topological polar surface area (TPSA) is 21.7 Å². The van der Waals surface area contributed by atoms with Crippen LogP contribution < -0.4 is 0 Å². The van der Waals surface area contributed by atoms with Crippen LogP contribution in [0.15, 0.2) is 12.2 Å². The second-order valence-corrected chi connectivity index (χ2v) is 4.28. The van der Waals surface area contributed by atoms with Gasteiger partial charge in [-0.3, -0.25) is 4.90 Å². The van der Waals surface area contributed by atoms with E-state index in [4.69, 9.17) is 9.47 Å². The van der Waals surface area contributed by atoms with Crippen molar-refractivity contribution in [1.29, 1.82) is 0 Å². The fourth-order valence-electron chi connectivity index (χ4n) is 1.93. The summed E-state index contributed by atoms with van der Waals surface area (Å²) in [6, 6.07) is 0.562. The summed E-state index contributed by atoms with van der Waals surface area (Å²) in [6.45, 7) is 6.49. The van der Waals surface area contributed by atoms with Crippen molar-refractivity contribution < 1.29 is 9.47 Å². The summed E-state index contributed by atoms with van der Waals surface area (Å²) in [5.41, 5.74) is 0. The quantitative estimate of drug-likeness (QED) is 0.666. The van der Waals surface area contributed by atoms with Crippen molar-refractivity contribution in [3.05, 3.63) is 12.2 Å². The lowest BCUT2D eigenvalue weighted by Crippen LogP contribution is -2.44. The fraction of sp³-hybridized carbons (Fsp3) is 0.833. The van der Waals surface area contributed by atoms with E-state index in [1.165, 1.54) is 0 Å². The average molecular weight is 213 g/mol. The highest BCUT2D eigenvalue weighted by Crippen LogP contribution is 2.13. The van der Waals surface area contributed by atoms with Gasteiger partial charge in [-0.1, -0.05) is 12.2 Å². The maximum Gasteiger partial charge on any atom is 0.103 e. The van der Waals surface area contributed by atoms with Gasteiger partial charge >= 0.3 is 0 Å². The first-order valence-electron chi connectivity index (χ1n) is 5.65. The van der Waals surface area contributed by atoms with Gasteiger partial charge in [-0.05, 0) is 20.3 Å². The molecule has 0 N–H and O–H groups in total. The Morgan fingerprint density at radius 1 is 1.27 bits per heavy atom. The zero-order chi connectivity index (χ0) is 11.3. The Labute approximate surface area is 93.0 Å². The average Bonchev–Trinajstić information content (AvgIpc) is 2.17. The minimum Gasteiger partial charge on any atom is -0.377 e. The molecule has 15 heavy (non-hydrogen) atoms. The largest absolute Gasteiger partial charge is 0.377 e. The van der Waals surface area contributed by atoms with Crippen LogP contribution in [0.25, 0.3) is 0 Å². The lowest BCUT2D eigenvalue weighted by molar-refractivity contribution is -0.0346. The molecule has 0 bridgehead atoms. The van der Waals surface area contributed by atoms with E-state index in [0.29, 0.717) is 6.04 Å². The van der Waals surface area contributed by atoms with Gasteiger partial charge in [0.25, 0.3) is 0 Å². The SMILES string of the molecule is CO[C@H]1/C=C\CCN(C(C)C)C[C@@H]1OC. The normalized spacial score (nSPS) is 31.3. The number of ether oxygens (including phenoxy) is 2. The standard InChI is InChI=1S/C12H23NO2/c1-10(2)13-8-6-5-7-11(14-3)12(9-13)15-4/h5,7,10-12H,6,8-9H2,1-4H3/b7-5-/t11-,12-/m0/s1. The molecule has 1 rings (SSSR count). The molecule has 0 radical (unpaired) electrons. The Kier molecular flexibility index (Phi) is 5.29. The van der Waals surface area contributed by atoms with E-state index in [1.54, 1.807) is 14.2 Å². The van der Waals surface area contributed by atoms with Crippen LogP contribution in [0, 0.1) is 0 Å². The van der Waals surface area contributed by atoms with Crippen molar-refractivity contribution in [3.63, 3.8) is 0 Å². The van der Waals surface area contributed by atoms with Crippen molar-refractivity contribution in [2.45, 2.75) is 38.5 Å². The Balaban J connectivity index is 2.69. The van der Waals surface area contributed by atoms with Gasteiger partial charge in [-0.2, -0.15) is 0 Å². The molecule has 0 aromatic carbocycles. The fourth-order valence-corrected chi connectivity index (χ4v) is 1.93. The van der Waals surface area contributed by atoms with Crippen LogP contribution in [0.5, 0.6) is 0 Å². The number of hydrogen-bond donors (Lipinski definition) is 0. The zero-order valence-electron chi connectivity index (χ0n) is 10.3. The molecule has 0 saturated carbocycles. The van der Waals surface area contributed by atoms with Crippen LogP contribution in [-0.4, -0.2) is 50.5 Å². The molecule has 88 valence electrons. The molecule has 1 aliphatic heterocycles. The van der Waals surface area contributed by atoms with Gasteiger partial charge in [0.2, 0.25) is 0 Å². The van der Waals surface area contributed by atoms with Gasteiger partial charge in [0.15, 0.2) is 0 Å². The van der Waals surface area contributed by atoms with Gasteiger partial charge in [0.1, 0.15) is 6.10 Å². The minimum absolute atomic E-state index is 0.0801. The second kappa shape index (κ2) is 6.26. The Hall–Kier alpha value is -0.380. The molecule has 2 atom stereocenters.